The summed E-state index contributed by atoms with van der Waals surface area (Å²) >= 11 is 1.69. The van der Waals surface area contributed by atoms with Gasteiger partial charge < -0.3 is 0 Å². The molecule has 90 valence electrons. The molecule has 0 saturated heterocycles. The number of nitrogens with zero attached hydrogens (tertiary/aromatic N) is 2. The molecule has 1 heterocycles. The van der Waals surface area contributed by atoms with Gasteiger partial charge in [0, 0.05) is 16.3 Å². The number of benzene rings is 1. The van der Waals surface area contributed by atoms with Gasteiger partial charge in [0.2, 0.25) is 0 Å². The number of rotatable bonds is 3. The fraction of sp³-hybridized carbons (Fsp3) is 0.200. The predicted octanol–water partition coefficient (Wildman–Crippen LogP) is 3.86. The maximum absolute atomic E-state index is 9.18. The summed E-state index contributed by atoms with van der Waals surface area (Å²) in [4.78, 5) is 5.34. The zero-order chi connectivity index (χ0) is 13.0. The van der Waals surface area contributed by atoms with Gasteiger partial charge in [-0.15, -0.1) is 11.8 Å². The summed E-state index contributed by atoms with van der Waals surface area (Å²) in [5.74, 6) is 0.873. The second-order valence-electron chi connectivity index (χ2n) is 4.11. The first-order chi connectivity index (χ1) is 8.70. The smallest absolute Gasteiger partial charge is 0.102 e. The number of thioether (sulfide) groups is 1. The van der Waals surface area contributed by atoms with Crippen LogP contribution in [0.15, 0.2) is 41.3 Å². The van der Waals surface area contributed by atoms with E-state index in [0.717, 1.165) is 22.0 Å². The number of pyridine rings is 1. The topological polar surface area (TPSA) is 36.7 Å². The highest BCUT2D eigenvalue weighted by Gasteiger charge is 2.08. The van der Waals surface area contributed by atoms with E-state index in [-0.39, 0.29) is 0 Å². The Morgan fingerprint density at radius 3 is 2.61 bits per heavy atom. The molecular formula is C15H14N2S. The Kier molecular flexibility index (Phi) is 4.01. The first-order valence-electron chi connectivity index (χ1n) is 5.76. The highest BCUT2D eigenvalue weighted by Crippen LogP contribution is 2.27. The summed E-state index contributed by atoms with van der Waals surface area (Å²) in [7, 11) is 0. The molecule has 0 bridgehead atoms. The zero-order valence-electron chi connectivity index (χ0n) is 10.5. The van der Waals surface area contributed by atoms with E-state index in [1.54, 1.807) is 11.8 Å². The van der Waals surface area contributed by atoms with Crippen molar-refractivity contribution >= 4 is 11.8 Å². The van der Waals surface area contributed by atoms with Crippen molar-refractivity contribution < 1.29 is 0 Å². The molecule has 0 aliphatic rings. The molecule has 0 amide bonds. The van der Waals surface area contributed by atoms with E-state index >= 15 is 0 Å². The van der Waals surface area contributed by atoms with Gasteiger partial charge in [-0.3, -0.25) is 4.98 Å². The van der Waals surface area contributed by atoms with Gasteiger partial charge in [-0.05, 0) is 25.5 Å². The van der Waals surface area contributed by atoms with Crippen LogP contribution in [0.5, 0.6) is 0 Å². The number of nitriles is 1. The van der Waals surface area contributed by atoms with Crippen LogP contribution in [0.3, 0.4) is 0 Å². The zero-order valence-corrected chi connectivity index (χ0v) is 11.3. The molecule has 0 aliphatic carbocycles. The third-order valence-corrected chi connectivity index (χ3v) is 3.75. The molecule has 0 N–H and O–H groups in total. The molecule has 0 radical (unpaired) electrons. The highest BCUT2D eigenvalue weighted by atomic mass is 32.2. The Balaban J connectivity index is 2.22. The van der Waals surface area contributed by atoms with Crippen molar-refractivity contribution in [3.8, 4) is 6.07 Å². The Labute approximate surface area is 112 Å². The molecule has 1 aromatic heterocycles. The van der Waals surface area contributed by atoms with E-state index in [2.05, 4.69) is 23.2 Å². The van der Waals surface area contributed by atoms with Gasteiger partial charge in [0.15, 0.2) is 0 Å². The monoisotopic (exact) mass is 254 g/mol. The van der Waals surface area contributed by atoms with Gasteiger partial charge in [0.25, 0.3) is 0 Å². The van der Waals surface area contributed by atoms with Crippen LogP contribution in [0.4, 0.5) is 0 Å². The molecule has 1 aromatic carbocycles. The van der Waals surface area contributed by atoms with E-state index in [4.69, 9.17) is 0 Å². The minimum Gasteiger partial charge on any atom is -0.257 e. The minimum atomic E-state index is 0.696. The van der Waals surface area contributed by atoms with Crippen LogP contribution >= 0.6 is 11.8 Å². The number of hydrogen-bond donors (Lipinski definition) is 0. The second-order valence-corrected chi connectivity index (χ2v) is 5.13. The molecule has 0 unspecified atom stereocenters. The lowest BCUT2D eigenvalue weighted by molar-refractivity contribution is 1.07. The van der Waals surface area contributed by atoms with Crippen LogP contribution in [0, 0.1) is 25.2 Å². The van der Waals surface area contributed by atoms with Crippen LogP contribution < -0.4 is 0 Å². The molecule has 2 nitrogen and oxygen atoms in total. The van der Waals surface area contributed by atoms with Gasteiger partial charge in [0.05, 0.1) is 11.3 Å². The van der Waals surface area contributed by atoms with Gasteiger partial charge >= 0.3 is 0 Å². The molecular weight excluding hydrogens is 240 g/mol. The van der Waals surface area contributed by atoms with E-state index in [9.17, 15) is 5.26 Å². The number of aromatic nitrogens is 1. The Morgan fingerprint density at radius 1 is 1.22 bits per heavy atom. The van der Waals surface area contributed by atoms with Crippen molar-refractivity contribution in [1.29, 1.82) is 5.26 Å². The van der Waals surface area contributed by atoms with Crippen LogP contribution in [0.25, 0.3) is 0 Å². The van der Waals surface area contributed by atoms with Crippen molar-refractivity contribution in [2.24, 2.45) is 0 Å². The SMILES string of the molecule is Cc1cc(SCc2ccccc2)c(C#N)c(C)n1. The predicted molar refractivity (Wildman–Crippen MR) is 74.4 cm³/mol. The Morgan fingerprint density at radius 2 is 1.94 bits per heavy atom. The van der Waals surface area contributed by atoms with E-state index in [1.165, 1.54) is 5.56 Å². The molecule has 18 heavy (non-hydrogen) atoms. The summed E-state index contributed by atoms with van der Waals surface area (Å²) in [5.41, 5.74) is 3.73. The standard InChI is InChI=1S/C15H14N2S/c1-11-8-15(14(9-16)12(2)17-11)18-10-13-6-4-3-5-7-13/h3-8H,10H2,1-2H3. The lowest BCUT2D eigenvalue weighted by Gasteiger charge is -2.07. The fourth-order valence-corrected chi connectivity index (χ4v) is 2.88. The maximum Gasteiger partial charge on any atom is 0.102 e. The van der Waals surface area contributed by atoms with Crippen LogP contribution in [0.1, 0.15) is 22.5 Å². The summed E-state index contributed by atoms with van der Waals surface area (Å²) in [6, 6.07) is 14.5. The van der Waals surface area contributed by atoms with Crippen LogP contribution in [-0.2, 0) is 5.75 Å². The van der Waals surface area contributed by atoms with Crippen molar-refractivity contribution in [2.75, 3.05) is 0 Å². The first kappa shape index (κ1) is 12.7. The van der Waals surface area contributed by atoms with Crippen molar-refractivity contribution in [3.63, 3.8) is 0 Å². The van der Waals surface area contributed by atoms with Crippen LogP contribution in [-0.4, -0.2) is 4.98 Å². The molecule has 0 spiro atoms. The summed E-state index contributed by atoms with van der Waals surface area (Å²) < 4.78 is 0. The second kappa shape index (κ2) is 5.70. The minimum absolute atomic E-state index is 0.696. The normalized spacial score (nSPS) is 10.1. The third-order valence-electron chi connectivity index (χ3n) is 2.64. The van der Waals surface area contributed by atoms with Crippen LogP contribution in [0.2, 0.25) is 0 Å². The molecule has 0 fully saturated rings. The largest absolute Gasteiger partial charge is 0.257 e. The molecule has 2 aromatic rings. The number of aryl methyl sites for hydroxylation is 2. The average molecular weight is 254 g/mol. The molecule has 3 heteroatoms. The third kappa shape index (κ3) is 2.91. The Bertz CT molecular complexity index is 585. The van der Waals surface area contributed by atoms with Crippen molar-refractivity contribution in [1.82, 2.24) is 4.98 Å². The molecule has 0 aliphatic heterocycles. The van der Waals surface area contributed by atoms with E-state index < -0.39 is 0 Å². The molecule has 0 atom stereocenters. The van der Waals surface area contributed by atoms with E-state index in [0.29, 0.717) is 5.56 Å². The van der Waals surface area contributed by atoms with Gasteiger partial charge in [-0.25, -0.2) is 0 Å². The summed E-state index contributed by atoms with van der Waals surface area (Å²) in [5, 5.41) is 9.18. The van der Waals surface area contributed by atoms with Gasteiger partial charge in [-0.2, -0.15) is 5.26 Å². The lowest BCUT2D eigenvalue weighted by Crippen LogP contribution is -1.94. The quantitative estimate of drug-likeness (QED) is 0.780. The lowest BCUT2D eigenvalue weighted by atomic mass is 10.2. The average Bonchev–Trinajstić information content (AvgIpc) is 2.37. The first-order valence-corrected chi connectivity index (χ1v) is 6.74. The van der Waals surface area contributed by atoms with Crippen molar-refractivity contribution in [3.05, 3.63) is 58.9 Å². The molecule has 0 saturated carbocycles. The fourth-order valence-electron chi connectivity index (χ4n) is 1.78. The maximum atomic E-state index is 9.18. The van der Waals surface area contributed by atoms with Crippen molar-refractivity contribution in [2.45, 2.75) is 24.5 Å². The number of hydrogen-bond acceptors (Lipinski definition) is 3. The van der Waals surface area contributed by atoms with E-state index in [1.807, 2.05) is 38.1 Å². The summed E-state index contributed by atoms with van der Waals surface area (Å²) in [6.07, 6.45) is 0. The van der Waals surface area contributed by atoms with Gasteiger partial charge in [0.1, 0.15) is 6.07 Å². The van der Waals surface area contributed by atoms with Gasteiger partial charge in [-0.1, -0.05) is 30.3 Å². The summed E-state index contributed by atoms with van der Waals surface area (Å²) in [6.45, 7) is 3.85. The Hall–Kier alpha value is -1.79. The highest BCUT2D eigenvalue weighted by molar-refractivity contribution is 7.98. The molecule has 2 rings (SSSR count).